The molecule has 0 bridgehead atoms. The molecular formula is C17H14FNO5S. The van der Waals surface area contributed by atoms with E-state index in [1.54, 1.807) is 30.3 Å². The summed E-state index contributed by atoms with van der Waals surface area (Å²) < 4.78 is 47.4. The first-order valence-electron chi connectivity index (χ1n) is 7.28. The lowest BCUT2D eigenvalue weighted by Gasteiger charge is -2.09. The van der Waals surface area contributed by atoms with Crippen LogP contribution in [0.5, 0.6) is 0 Å². The molecule has 8 heteroatoms. The van der Waals surface area contributed by atoms with E-state index in [0.29, 0.717) is 11.1 Å². The SMILES string of the molecule is NC1=C(OS(=O)(=O)Cc2ccccc2)C(=O)C(c2ccc(F)cc2)O1. The van der Waals surface area contributed by atoms with Crippen molar-refractivity contribution >= 4 is 15.9 Å². The largest absolute Gasteiger partial charge is 0.460 e. The van der Waals surface area contributed by atoms with Gasteiger partial charge in [-0.1, -0.05) is 42.5 Å². The van der Waals surface area contributed by atoms with Crippen molar-refractivity contribution < 1.29 is 26.5 Å². The zero-order valence-electron chi connectivity index (χ0n) is 12.9. The fourth-order valence-corrected chi connectivity index (χ4v) is 3.43. The van der Waals surface area contributed by atoms with Crippen molar-refractivity contribution in [2.24, 2.45) is 5.73 Å². The average molecular weight is 363 g/mol. The van der Waals surface area contributed by atoms with E-state index in [1.165, 1.54) is 12.1 Å². The Kier molecular flexibility index (Phi) is 4.45. The molecule has 1 unspecified atom stereocenters. The predicted octanol–water partition coefficient (Wildman–Crippen LogP) is 2.14. The molecule has 1 aliphatic heterocycles. The summed E-state index contributed by atoms with van der Waals surface area (Å²) in [5.74, 6) is -2.61. The van der Waals surface area contributed by atoms with Crippen LogP contribution in [0.4, 0.5) is 4.39 Å². The van der Waals surface area contributed by atoms with E-state index in [4.69, 9.17) is 14.7 Å². The fraction of sp³-hybridized carbons (Fsp3) is 0.118. The summed E-state index contributed by atoms with van der Waals surface area (Å²) in [6, 6.07) is 13.4. The Balaban J connectivity index is 1.77. The maximum absolute atomic E-state index is 13.0. The number of ether oxygens (including phenoxy) is 1. The first-order valence-corrected chi connectivity index (χ1v) is 8.85. The number of carbonyl (C=O) groups excluding carboxylic acids is 1. The highest BCUT2D eigenvalue weighted by atomic mass is 32.2. The summed E-state index contributed by atoms with van der Waals surface area (Å²) in [5.41, 5.74) is 6.44. The Labute approximate surface area is 143 Å². The third-order valence-corrected chi connectivity index (χ3v) is 4.61. The van der Waals surface area contributed by atoms with Gasteiger partial charge in [-0.2, -0.15) is 8.42 Å². The molecule has 0 radical (unpaired) electrons. The Hall–Kier alpha value is -2.87. The molecule has 0 aromatic heterocycles. The standard InChI is InChI=1S/C17H14FNO5S/c18-13-8-6-12(7-9-13)15-14(20)16(17(19)23-15)24-25(21,22)10-11-4-2-1-3-5-11/h1-9,15H,10,19H2. The fourth-order valence-electron chi connectivity index (χ4n) is 2.35. The van der Waals surface area contributed by atoms with Crippen LogP contribution in [0, 0.1) is 5.82 Å². The smallest absolute Gasteiger partial charge is 0.313 e. The van der Waals surface area contributed by atoms with Gasteiger partial charge in [-0.05, 0) is 17.7 Å². The van der Waals surface area contributed by atoms with Crippen molar-refractivity contribution in [3.05, 3.63) is 83.2 Å². The van der Waals surface area contributed by atoms with E-state index in [0.717, 1.165) is 12.1 Å². The Morgan fingerprint density at radius 1 is 1.08 bits per heavy atom. The number of ketones is 1. The van der Waals surface area contributed by atoms with Crippen LogP contribution < -0.4 is 5.73 Å². The van der Waals surface area contributed by atoms with E-state index < -0.39 is 45.2 Å². The highest BCUT2D eigenvalue weighted by Crippen LogP contribution is 2.32. The van der Waals surface area contributed by atoms with Gasteiger partial charge in [-0.25, -0.2) is 4.39 Å². The van der Waals surface area contributed by atoms with E-state index in [2.05, 4.69) is 0 Å². The van der Waals surface area contributed by atoms with E-state index in [-0.39, 0.29) is 0 Å². The Morgan fingerprint density at radius 2 is 1.72 bits per heavy atom. The maximum Gasteiger partial charge on any atom is 0.313 e. The third-order valence-electron chi connectivity index (χ3n) is 3.50. The van der Waals surface area contributed by atoms with Crippen LogP contribution in [-0.2, 0) is 29.6 Å². The van der Waals surface area contributed by atoms with Gasteiger partial charge in [-0.15, -0.1) is 0 Å². The minimum atomic E-state index is -4.09. The number of nitrogens with two attached hydrogens (primary N) is 1. The van der Waals surface area contributed by atoms with Crippen molar-refractivity contribution in [2.75, 3.05) is 0 Å². The van der Waals surface area contributed by atoms with Crippen molar-refractivity contribution in [3.8, 4) is 0 Å². The lowest BCUT2D eigenvalue weighted by atomic mass is 10.1. The number of halogens is 1. The lowest BCUT2D eigenvalue weighted by Crippen LogP contribution is -2.16. The molecular weight excluding hydrogens is 349 g/mol. The van der Waals surface area contributed by atoms with Crippen LogP contribution in [-0.4, -0.2) is 14.2 Å². The first kappa shape index (κ1) is 17.0. The highest BCUT2D eigenvalue weighted by molar-refractivity contribution is 7.86. The van der Waals surface area contributed by atoms with E-state index in [9.17, 15) is 17.6 Å². The topological polar surface area (TPSA) is 95.7 Å². The zero-order valence-corrected chi connectivity index (χ0v) is 13.7. The normalized spacial score (nSPS) is 17.5. The van der Waals surface area contributed by atoms with Crippen LogP contribution in [0.3, 0.4) is 0 Å². The summed E-state index contributed by atoms with van der Waals surface area (Å²) in [6.07, 6.45) is -1.16. The van der Waals surface area contributed by atoms with Gasteiger partial charge in [0.05, 0.1) is 0 Å². The monoisotopic (exact) mass is 363 g/mol. The van der Waals surface area contributed by atoms with Gasteiger partial charge in [0, 0.05) is 5.56 Å². The van der Waals surface area contributed by atoms with Gasteiger partial charge in [-0.3, -0.25) is 4.79 Å². The van der Waals surface area contributed by atoms with Gasteiger partial charge in [0.2, 0.25) is 17.4 Å². The number of rotatable bonds is 5. The van der Waals surface area contributed by atoms with Gasteiger partial charge in [0.25, 0.3) is 0 Å². The number of Topliss-reactive ketones (excluding diaryl/α,β-unsaturated/α-hetero) is 1. The van der Waals surface area contributed by atoms with Crippen molar-refractivity contribution in [1.82, 2.24) is 0 Å². The second-order valence-corrected chi connectivity index (χ2v) is 6.95. The molecule has 0 aliphatic carbocycles. The summed E-state index contributed by atoms with van der Waals surface area (Å²) in [4.78, 5) is 12.4. The first-order chi connectivity index (χ1) is 11.9. The van der Waals surface area contributed by atoms with Crippen molar-refractivity contribution in [3.63, 3.8) is 0 Å². The van der Waals surface area contributed by atoms with Crippen LogP contribution >= 0.6 is 0 Å². The molecule has 0 amide bonds. The second-order valence-electron chi connectivity index (χ2n) is 5.38. The maximum atomic E-state index is 13.0. The molecule has 3 rings (SSSR count). The molecule has 2 aromatic carbocycles. The Morgan fingerprint density at radius 3 is 2.36 bits per heavy atom. The predicted molar refractivity (Wildman–Crippen MR) is 86.6 cm³/mol. The van der Waals surface area contributed by atoms with Crippen molar-refractivity contribution in [2.45, 2.75) is 11.9 Å². The number of benzene rings is 2. The molecule has 6 nitrogen and oxygen atoms in total. The van der Waals surface area contributed by atoms with Gasteiger partial charge in [0.15, 0.2) is 6.10 Å². The summed E-state index contributed by atoms with van der Waals surface area (Å²) in [5, 5.41) is 0. The summed E-state index contributed by atoms with van der Waals surface area (Å²) >= 11 is 0. The van der Waals surface area contributed by atoms with Crippen LogP contribution in [0.25, 0.3) is 0 Å². The van der Waals surface area contributed by atoms with Crippen LogP contribution in [0.2, 0.25) is 0 Å². The molecule has 0 saturated carbocycles. The minimum absolute atomic E-state index is 0.341. The number of hydrogen-bond donors (Lipinski definition) is 1. The molecule has 0 fully saturated rings. The second kappa shape index (κ2) is 6.56. The van der Waals surface area contributed by atoms with Crippen LogP contribution in [0.1, 0.15) is 17.2 Å². The summed E-state index contributed by atoms with van der Waals surface area (Å²) in [6.45, 7) is 0. The van der Waals surface area contributed by atoms with Crippen LogP contribution in [0.15, 0.2) is 66.2 Å². The summed E-state index contributed by atoms with van der Waals surface area (Å²) in [7, 11) is -4.09. The average Bonchev–Trinajstić information content (AvgIpc) is 2.84. The molecule has 1 heterocycles. The third kappa shape index (κ3) is 3.80. The molecule has 0 saturated heterocycles. The molecule has 1 atom stereocenters. The lowest BCUT2D eigenvalue weighted by molar-refractivity contribution is -0.123. The van der Waals surface area contributed by atoms with E-state index >= 15 is 0 Å². The molecule has 2 aromatic rings. The van der Waals surface area contributed by atoms with Gasteiger partial charge >= 0.3 is 10.1 Å². The number of hydrogen-bond acceptors (Lipinski definition) is 6. The number of carbonyl (C=O) groups is 1. The quantitative estimate of drug-likeness (QED) is 0.818. The molecule has 2 N–H and O–H groups in total. The molecule has 130 valence electrons. The highest BCUT2D eigenvalue weighted by Gasteiger charge is 2.39. The molecule has 25 heavy (non-hydrogen) atoms. The van der Waals surface area contributed by atoms with Gasteiger partial charge in [0.1, 0.15) is 11.6 Å². The van der Waals surface area contributed by atoms with E-state index in [1.807, 2.05) is 0 Å². The van der Waals surface area contributed by atoms with Crippen molar-refractivity contribution in [1.29, 1.82) is 0 Å². The van der Waals surface area contributed by atoms with Gasteiger partial charge < -0.3 is 14.7 Å². The Bertz CT molecular complexity index is 923. The minimum Gasteiger partial charge on any atom is -0.460 e. The zero-order chi connectivity index (χ0) is 18.0. The molecule has 1 aliphatic rings. The molecule has 0 spiro atoms.